The van der Waals surface area contributed by atoms with Crippen LogP contribution >= 0.6 is 15.9 Å². The highest BCUT2D eigenvalue weighted by molar-refractivity contribution is 9.10. The van der Waals surface area contributed by atoms with Crippen molar-refractivity contribution in [2.75, 3.05) is 13.1 Å². The Balaban J connectivity index is 2.76. The molecule has 0 bridgehead atoms. The normalized spacial score (nSPS) is 10.2. The smallest absolute Gasteiger partial charge is 0.227 e. The Labute approximate surface area is 104 Å². The minimum absolute atomic E-state index is 0.0359. The summed E-state index contributed by atoms with van der Waals surface area (Å²) >= 11 is 3.18. The number of amides is 1. The number of halogens is 2. The molecule has 4 heteroatoms. The molecule has 0 aliphatic rings. The highest BCUT2D eigenvalue weighted by Crippen LogP contribution is 2.16. The molecule has 0 atom stereocenters. The Morgan fingerprint density at radius 2 is 2.00 bits per heavy atom. The van der Waals surface area contributed by atoms with Gasteiger partial charge in [-0.15, -0.1) is 0 Å². The Hall–Kier alpha value is -0.900. The molecule has 0 spiro atoms. The molecule has 16 heavy (non-hydrogen) atoms. The van der Waals surface area contributed by atoms with Crippen LogP contribution in [-0.2, 0) is 11.2 Å². The average molecular weight is 288 g/mol. The van der Waals surface area contributed by atoms with E-state index in [0.717, 1.165) is 0 Å². The molecule has 0 unspecified atom stereocenters. The predicted octanol–water partition coefficient (Wildman–Crippen LogP) is 3.00. The van der Waals surface area contributed by atoms with Crippen LogP contribution in [0, 0.1) is 5.82 Å². The second-order valence-electron chi connectivity index (χ2n) is 3.48. The molecular formula is C12H15BrFNO. The van der Waals surface area contributed by atoms with Gasteiger partial charge in [0.1, 0.15) is 5.82 Å². The molecule has 1 aromatic carbocycles. The predicted molar refractivity (Wildman–Crippen MR) is 65.7 cm³/mol. The summed E-state index contributed by atoms with van der Waals surface area (Å²) in [5, 5.41) is 0. The lowest BCUT2D eigenvalue weighted by Crippen LogP contribution is -2.31. The molecule has 0 saturated carbocycles. The van der Waals surface area contributed by atoms with Crippen molar-refractivity contribution in [1.82, 2.24) is 4.90 Å². The van der Waals surface area contributed by atoms with Crippen molar-refractivity contribution in [3.63, 3.8) is 0 Å². The van der Waals surface area contributed by atoms with Crippen LogP contribution in [-0.4, -0.2) is 23.9 Å². The second-order valence-corrected chi connectivity index (χ2v) is 4.39. The van der Waals surface area contributed by atoms with Gasteiger partial charge in [-0.3, -0.25) is 4.79 Å². The van der Waals surface area contributed by atoms with Crippen molar-refractivity contribution < 1.29 is 9.18 Å². The molecule has 1 aromatic rings. The summed E-state index contributed by atoms with van der Waals surface area (Å²) in [4.78, 5) is 13.5. The van der Waals surface area contributed by atoms with E-state index in [1.165, 1.54) is 6.07 Å². The van der Waals surface area contributed by atoms with Gasteiger partial charge in [0, 0.05) is 17.6 Å². The third kappa shape index (κ3) is 3.30. The summed E-state index contributed by atoms with van der Waals surface area (Å²) in [6, 6.07) is 4.76. The van der Waals surface area contributed by atoms with Crippen LogP contribution in [0.4, 0.5) is 4.39 Å². The second kappa shape index (κ2) is 5.99. The zero-order valence-electron chi connectivity index (χ0n) is 9.46. The van der Waals surface area contributed by atoms with Gasteiger partial charge in [-0.25, -0.2) is 4.39 Å². The number of hydrogen-bond acceptors (Lipinski definition) is 1. The van der Waals surface area contributed by atoms with Crippen molar-refractivity contribution >= 4 is 21.8 Å². The number of carbonyl (C=O) groups is 1. The first-order valence-electron chi connectivity index (χ1n) is 5.30. The van der Waals surface area contributed by atoms with Crippen molar-refractivity contribution in [2.24, 2.45) is 0 Å². The summed E-state index contributed by atoms with van der Waals surface area (Å²) in [7, 11) is 0. The Morgan fingerprint density at radius 1 is 1.38 bits per heavy atom. The van der Waals surface area contributed by atoms with E-state index in [2.05, 4.69) is 15.9 Å². The highest BCUT2D eigenvalue weighted by Gasteiger charge is 2.13. The minimum Gasteiger partial charge on any atom is -0.343 e. The summed E-state index contributed by atoms with van der Waals surface area (Å²) < 4.78 is 14.2. The molecular weight excluding hydrogens is 273 g/mol. The number of likely N-dealkylation sites (N-methyl/N-ethyl adjacent to an activating group) is 1. The average Bonchev–Trinajstić information content (AvgIpc) is 2.24. The largest absolute Gasteiger partial charge is 0.343 e. The van der Waals surface area contributed by atoms with Crippen LogP contribution in [0.3, 0.4) is 0 Å². The number of carbonyl (C=O) groups excluding carboxylic acids is 1. The zero-order valence-corrected chi connectivity index (χ0v) is 11.1. The first-order valence-corrected chi connectivity index (χ1v) is 6.09. The number of hydrogen-bond donors (Lipinski definition) is 0. The third-order valence-electron chi connectivity index (χ3n) is 2.47. The fraction of sp³-hybridized carbons (Fsp3) is 0.417. The van der Waals surface area contributed by atoms with Crippen LogP contribution < -0.4 is 0 Å². The standard InChI is InChI=1S/C12H15BrFNO/c1-3-15(4-2)12(16)7-9-5-6-10(13)8-11(9)14/h5-6,8H,3-4,7H2,1-2H3. The van der Waals surface area contributed by atoms with Gasteiger partial charge in [0.15, 0.2) is 0 Å². The van der Waals surface area contributed by atoms with E-state index >= 15 is 0 Å². The van der Waals surface area contributed by atoms with Crippen molar-refractivity contribution in [3.8, 4) is 0 Å². The summed E-state index contributed by atoms with van der Waals surface area (Å²) in [5.74, 6) is -0.374. The fourth-order valence-electron chi connectivity index (χ4n) is 1.52. The van der Waals surface area contributed by atoms with Gasteiger partial charge in [0.25, 0.3) is 0 Å². The quantitative estimate of drug-likeness (QED) is 0.834. The van der Waals surface area contributed by atoms with Gasteiger partial charge in [-0.2, -0.15) is 0 Å². The van der Waals surface area contributed by atoms with Gasteiger partial charge in [-0.1, -0.05) is 22.0 Å². The van der Waals surface area contributed by atoms with Crippen LogP contribution in [0.2, 0.25) is 0 Å². The minimum atomic E-state index is -0.338. The molecule has 2 nitrogen and oxygen atoms in total. The highest BCUT2D eigenvalue weighted by atomic mass is 79.9. The van der Waals surface area contributed by atoms with Crippen molar-refractivity contribution in [1.29, 1.82) is 0 Å². The SMILES string of the molecule is CCN(CC)C(=O)Cc1ccc(Br)cc1F. The van der Waals surface area contributed by atoms with Crippen LogP contribution in [0.25, 0.3) is 0 Å². The lowest BCUT2D eigenvalue weighted by Gasteiger charge is -2.18. The molecule has 88 valence electrons. The first-order chi connectivity index (χ1) is 7.58. The molecule has 0 fully saturated rings. The summed E-state index contributed by atoms with van der Waals surface area (Å²) in [6.07, 6.45) is 0.126. The number of benzene rings is 1. The van der Waals surface area contributed by atoms with E-state index in [4.69, 9.17) is 0 Å². The Bertz CT molecular complexity index is 377. The lowest BCUT2D eigenvalue weighted by atomic mass is 10.1. The van der Waals surface area contributed by atoms with Gasteiger partial charge < -0.3 is 4.90 Å². The summed E-state index contributed by atoms with van der Waals surface area (Å²) in [5.41, 5.74) is 0.445. The molecule has 0 aromatic heterocycles. The Morgan fingerprint density at radius 3 is 2.50 bits per heavy atom. The maximum atomic E-state index is 13.5. The molecule has 0 N–H and O–H groups in total. The molecule has 0 aliphatic heterocycles. The topological polar surface area (TPSA) is 20.3 Å². The summed E-state index contributed by atoms with van der Waals surface area (Å²) in [6.45, 7) is 5.15. The van der Waals surface area contributed by atoms with E-state index in [9.17, 15) is 9.18 Å². The van der Waals surface area contributed by atoms with E-state index in [1.54, 1.807) is 17.0 Å². The first kappa shape index (κ1) is 13.2. The maximum Gasteiger partial charge on any atom is 0.227 e. The third-order valence-corrected chi connectivity index (χ3v) is 2.97. The van der Waals surface area contributed by atoms with Gasteiger partial charge >= 0.3 is 0 Å². The van der Waals surface area contributed by atoms with Crippen molar-refractivity contribution in [3.05, 3.63) is 34.1 Å². The van der Waals surface area contributed by atoms with Crippen LogP contribution in [0.1, 0.15) is 19.4 Å². The zero-order chi connectivity index (χ0) is 12.1. The molecule has 0 aliphatic carbocycles. The number of nitrogens with zero attached hydrogens (tertiary/aromatic N) is 1. The van der Waals surface area contributed by atoms with E-state index in [0.29, 0.717) is 23.1 Å². The molecule has 1 rings (SSSR count). The fourth-order valence-corrected chi connectivity index (χ4v) is 1.85. The van der Waals surface area contributed by atoms with E-state index in [1.807, 2.05) is 13.8 Å². The molecule has 0 heterocycles. The maximum absolute atomic E-state index is 13.5. The molecule has 0 radical (unpaired) electrons. The lowest BCUT2D eigenvalue weighted by molar-refractivity contribution is -0.130. The van der Waals surface area contributed by atoms with E-state index in [-0.39, 0.29) is 18.1 Å². The molecule has 0 saturated heterocycles. The van der Waals surface area contributed by atoms with Gasteiger partial charge in [-0.05, 0) is 31.5 Å². The van der Waals surface area contributed by atoms with E-state index < -0.39 is 0 Å². The molecule has 1 amide bonds. The van der Waals surface area contributed by atoms with Gasteiger partial charge in [0.05, 0.1) is 6.42 Å². The number of rotatable bonds is 4. The van der Waals surface area contributed by atoms with Gasteiger partial charge in [0.2, 0.25) is 5.91 Å². The Kier molecular flexibility index (Phi) is 4.93. The van der Waals surface area contributed by atoms with Crippen LogP contribution in [0.5, 0.6) is 0 Å². The van der Waals surface area contributed by atoms with Crippen LogP contribution in [0.15, 0.2) is 22.7 Å². The van der Waals surface area contributed by atoms with Crippen molar-refractivity contribution in [2.45, 2.75) is 20.3 Å². The monoisotopic (exact) mass is 287 g/mol.